The lowest BCUT2D eigenvalue weighted by atomic mass is 10.1. The highest BCUT2D eigenvalue weighted by atomic mass is 16.1. The number of aromatic nitrogens is 6. The molecule has 0 aliphatic carbocycles. The van der Waals surface area contributed by atoms with Gasteiger partial charge in [-0.15, -0.1) is 0 Å². The van der Waals surface area contributed by atoms with E-state index in [4.69, 9.17) is 0 Å². The van der Waals surface area contributed by atoms with Crippen LogP contribution < -0.4 is 0 Å². The van der Waals surface area contributed by atoms with Crippen LogP contribution in [-0.4, -0.2) is 35.9 Å². The van der Waals surface area contributed by atoms with Gasteiger partial charge < -0.3 is 5.10 Å². The van der Waals surface area contributed by atoms with E-state index in [0.29, 0.717) is 11.0 Å². The lowest BCUT2D eigenvalue weighted by Crippen LogP contribution is -2.07. The predicted octanol–water partition coefficient (Wildman–Crippen LogP) is 3.94. The van der Waals surface area contributed by atoms with Crippen LogP contribution in [0, 0.1) is 13.8 Å². The highest BCUT2D eigenvalue weighted by molar-refractivity contribution is 6.03. The molecule has 4 heterocycles. The number of fused-ring (bicyclic) bond motifs is 2. The summed E-state index contributed by atoms with van der Waals surface area (Å²) in [6.07, 6.45) is 1.97. The number of hydrogen-bond donors (Lipinski definition) is 2. The first kappa shape index (κ1) is 17.2. The number of imidazole rings is 1. The van der Waals surface area contributed by atoms with Crippen molar-refractivity contribution in [2.75, 3.05) is 0 Å². The van der Waals surface area contributed by atoms with E-state index in [-0.39, 0.29) is 18.0 Å². The van der Waals surface area contributed by atoms with Crippen LogP contribution in [0.2, 0.25) is 0 Å². The molecular weight excluding hydrogens is 364 g/mol. The number of carbonyl (C=O) groups excluding carboxylic acids is 1. The lowest BCUT2D eigenvalue weighted by Gasteiger charge is -2.00. The molecule has 0 atom stereocenters. The minimum atomic E-state index is -0.139. The van der Waals surface area contributed by atoms with Crippen LogP contribution in [0.3, 0.4) is 0 Å². The summed E-state index contributed by atoms with van der Waals surface area (Å²) >= 11 is 0. The van der Waals surface area contributed by atoms with Crippen LogP contribution in [0.1, 0.15) is 27.7 Å². The van der Waals surface area contributed by atoms with E-state index in [1.165, 1.54) is 0 Å². The number of nitrogens with zero attached hydrogens (tertiary/aromatic N) is 4. The summed E-state index contributed by atoms with van der Waals surface area (Å²) in [7, 11) is 0. The van der Waals surface area contributed by atoms with E-state index < -0.39 is 0 Å². The zero-order valence-corrected chi connectivity index (χ0v) is 16.0. The molecule has 0 radical (unpaired) electrons. The van der Waals surface area contributed by atoms with Crippen molar-refractivity contribution in [1.29, 1.82) is 0 Å². The number of hydrogen-bond acceptors (Lipinski definition) is 5. The largest absolute Gasteiger partial charge is 0.300 e. The smallest absolute Gasteiger partial charge is 0.206 e. The number of benzene rings is 1. The van der Waals surface area contributed by atoms with E-state index in [0.717, 1.165) is 39.2 Å². The molecule has 29 heavy (non-hydrogen) atoms. The predicted molar refractivity (Wildman–Crippen MR) is 111 cm³/mol. The standard InChI is InChI=1S/C22H18N6O/c1-12-4-3-5-15(24-12)9-20(29)22-25-18-10-16-17(11-19(18)26-22)27-28-21(16)14-6-7-23-13(2)8-14/h3-8,10-11,27-28H,9H2,1-2H3. The van der Waals surface area contributed by atoms with Gasteiger partial charge in [0.2, 0.25) is 5.78 Å². The zero-order chi connectivity index (χ0) is 20.0. The first-order valence-electron chi connectivity index (χ1n) is 9.33. The molecule has 2 N–H and O–H groups in total. The summed E-state index contributed by atoms with van der Waals surface area (Å²) in [5.41, 5.74) is 6.81. The van der Waals surface area contributed by atoms with Gasteiger partial charge in [-0.2, -0.15) is 0 Å². The fraction of sp³-hybridized carbons (Fsp3) is 0.136. The third kappa shape index (κ3) is 3.16. The number of nitrogens with one attached hydrogen (secondary N) is 2. The summed E-state index contributed by atoms with van der Waals surface area (Å²) in [4.78, 5) is 30.2. The number of rotatable bonds is 4. The summed E-state index contributed by atoms with van der Waals surface area (Å²) in [6, 6.07) is 13.5. The number of H-pyrrole nitrogens is 2. The number of carbonyl (C=O) groups is 1. The number of aromatic amines is 2. The Hall–Kier alpha value is -3.87. The molecule has 0 spiro atoms. The third-order valence-corrected chi connectivity index (χ3v) is 4.88. The Morgan fingerprint density at radius 1 is 0.931 bits per heavy atom. The van der Waals surface area contributed by atoms with Crippen molar-refractivity contribution in [3.05, 3.63) is 71.6 Å². The maximum absolute atomic E-state index is 12.7. The molecule has 1 aromatic carbocycles. The molecule has 7 heteroatoms. The highest BCUT2D eigenvalue weighted by Crippen LogP contribution is 2.29. The highest BCUT2D eigenvalue weighted by Gasteiger charge is 2.16. The molecule has 0 fully saturated rings. The maximum atomic E-state index is 12.7. The second-order valence-electron chi connectivity index (χ2n) is 7.11. The van der Waals surface area contributed by atoms with Gasteiger partial charge in [0.15, 0.2) is 5.82 Å². The number of Topliss-reactive ketones (excluding diaryl/α,β-unsaturated/α-hetero) is 1. The van der Waals surface area contributed by atoms with Crippen LogP contribution in [0.5, 0.6) is 0 Å². The molecule has 0 saturated carbocycles. The summed E-state index contributed by atoms with van der Waals surface area (Å²) in [5.74, 6) is 0.0840. The lowest BCUT2D eigenvalue weighted by molar-refractivity contribution is 0.0983. The normalized spacial score (nSPS) is 11.4. The number of ketones is 1. The van der Waals surface area contributed by atoms with Crippen LogP contribution in [0.25, 0.3) is 33.2 Å². The van der Waals surface area contributed by atoms with Gasteiger partial charge in [-0.25, -0.2) is 9.97 Å². The molecule has 142 valence electrons. The second-order valence-corrected chi connectivity index (χ2v) is 7.11. The van der Waals surface area contributed by atoms with E-state index in [1.54, 1.807) is 6.20 Å². The molecular formula is C22H18N6O. The van der Waals surface area contributed by atoms with Crippen molar-refractivity contribution in [2.45, 2.75) is 20.3 Å². The Kier molecular flexibility index (Phi) is 3.94. The van der Waals surface area contributed by atoms with Gasteiger partial charge in [-0.3, -0.25) is 19.9 Å². The van der Waals surface area contributed by atoms with Gasteiger partial charge in [0.1, 0.15) is 0 Å². The number of aryl methyl sites for hydroxylation is 2. The molecule has 5 aromatic rings. The van der Waals surface area contributed by atoms with Crippen LogP contribution in [0.4, 0.5) is 0 Å². The third-order valence-electron chi connectivity index (χ3n) is 4.88. The Balaban J connectivity index is 1.53. The molecule has 5 rings (SSSR count). The topological polar surface area (TPSA) is 100 Å². The van der Waals surface area contributed by atoms with Crippen molar-refractivity contribution in [2.24, 2.45) is 0 Å². The Bertz CT molecular complexity index is 1380. The van der Waals surface area contributed by atoms with Crippen molar-refractivity contribution >= 4 is 27.7 Å². The quantitative estimate of drug-likeness (QED) is 0.459. The maximum Gasteiger partial charge on any atom is 0.206 e. The summed E-state index contributed by atoms with van der Waals surface area (Å²) in [5, 5.41) is 7.38. The summed E-state index contributed by atoms with van der Waals surface area (Å²) < 4.78 is 0. The number of pyridine rings is 2. The van der Waals surface area contributed by atoms with Crippen LogP contribution in [-0.2, 0) is 6.42 Å². The minimum Gasteiger partial charge on any atom is -0.300 e. The van der Waals surface area contributed by atoms with Gasteiger partial charge >= 0.3 is 0 Å². The van der Waals surface area contributed by atoms with E-state index in [1.807, 2.05) is 56.3 Å². The van der Waals surface area contributed by atoms with Crippen LogP contribution >= 0.6 is 0 Å². The molecule has 0 aliphatic heterocycles. The molecule has 7 nitrogen and oxygen atoms in total. The van der Waals surface area contributed by atoms with Crippen molar-refractivity contribution in [1.82, 2.24) is 30.1 Å². The molecule has 0 saturated heterocycles. The van der Waals surface area contributed by atoms with Gasteiger partial charge in [-0.1, -0.05) is 6.07 Å². The Morgan fingerprint density at radius 2 is 1.76 bits per heavy atom. The Labute approximate surface area is 166 Å². The average Bonchev–Trinajstić information content (AvgIpc) is 3.29. The van der Waals surface area contributed by atoms with E-state index in [9.17, 15) is 4.79 Å². The first-order chi connectivity index (χ1) is 14.1. The molecule has 0 bridgehead atoms. The first-order valence-corrected chi connectivity index (χ1v) is 9.33. The monoisotopic (exact) mass is 382 g/mol. The van der Waals surface area contributed by atoms with E-state index >= 15 is 0 Å². The molecule has 4 aromatic heterocycles. The second kappa shape index (κ2) is 6.63. The fourth-order valence-electron chi connectivity index (χ4n) is 3.51. The van der Waals surface area contributed by atoms with Gasteiger partial charge in [0.25, 0.3) is 0 Å². The van der Waals surface area contributed by atoms with E-state index in [2.05, 4.69) is 30.1 Å². The van der Waals surface area contributed by atoms with Crippen molar-refractivity contribution in [3.63, 3.8) is 0 Å². The SMILES string of the molecule is Cc1cc(-c2[nH][nH]c3cc4nc(C(=O)Cc5cccc(C)n5)nc4cc23)ccn1. The zero-order valence-electron chi connectivity index (χ0n) is 16.0. The molecule has 0 unspecified atom stereocenters. The Morgan fingerprint density at radius 3 is 2.55 bits per heavy atom. The minimum absolute atomic E-state index is 0.139. The van der Waals surface area contributed by atoms with Crippen molar-refractivity contribution in [3.8, 4) is 11.3 Å². The van der Waals surface area contributed by atoms with Gasteiger partial charge in [0, 0.05) is 34.2 Å². The molecule has 0 amide bonds. The molecule has 0 aliphatic rings. The fourth-order valence-corrected chi connectivity index (χ4v) is 3.51. The van der Waals surface area contributed by atoms with Gasteiger partial charge in [0.05, 0.1) is 28.7 Å². The van der Waals surface area contributed by atoms with Crippen molar-refractivity contribution < 1.29 is 4.79 Å². The average molecular weight is 382 g/mol. The van der Waals surface area contributed by atoms with Crippen LogP contribution in [0.15, 0.2) is 48.7 Å². The summed E-state index contributed by atoms with van der Waals surface area (Å²) in [6.45, 7) is 3.86. The van der Waals surface area contributed by atoms with Gasteiger partial charge in [-0.05, 0) is 50.2 Å².